The molecule has 0 aliphatic rings. The van der Waals surface area contributed by atoms with E-state index in [2.05, 4.69) is 9.97 Å². The number of aromatic nitrogens is 2. The van der Waals surface area contributed by atoms with Gasteiger partial charge in [0, 0.05) is 16.8 Å². The topological polar surface area (TPSA) is 80.2 Å². The van der Waals surface area contributed by atoms with E-state index in [4.69, 9.17) is 11.6 Å². The van der Waals surface area contributed by atoms with E-state index in [0.717, 1.165) is 10.2 Å². The van der Waals surface area contributed by atoms with Gasteiger partial charge in [-0.1, -0.05) is 29.0 Å². The summed E-state index contributed by atoms with van der Waals surface area (Å²) >= 11 is 7.47. The van der Waals surface area contributed by atoms with Crippen molar-refractivity contribution in [3.8, 4) is 0 Å². The highest BCUT2D eigenvalue weighted by molar-refractivity contribution is 7.92. The molecule has 2 aromatic heterocycles. The molecule has 0 N–H and O–H groups in total. The number of sulfone groups is 1. The zero-order valence-corrected chi connectivity index (χ0v) is 19.8. The standard InChI is InChI=1S/C23H20ClN3O3S2/c1-15(2)32(29,30)19-9-6-16(7-10-19)22(28)27(14-18-5-3-4-12-25-18)23-26-20-11-8-17(24)13-21(20)31-23/h3-13,15H,14H2,1-2H3. The minimum atomic E-state index is -3.42. The van der Waals surface area contributed by atoms with E-state index in [9.17, 15) is 13.2 Å². The Morgan fingerprint density at radius 2 is 1.84 bits per heavy atom. The molecule has 4 rings (SSSR count). The van der Waals surface area contributed by atoms with E-state index in [0.29, 0.717) is 21.4 Å². The molecule has 0 aliphatic carbocycles. The van der Waals surface area contributed by atoms with E-state index in [-0.39, 0.29) is 17.3 Å². The maximum Gasteiger partial charge on any atom is 0.260 e. The quantitative estimate of drug-likeness (QED) is 0.366. The van der Waals surface area contributed by atoms with Crippen LogP contribution in [0.3, 0.4) is 0 Å². The molecular formula is C23H20ClN3O3S2. The molecule has 32 heavy (non-hydrogen) atoms. The molecule has 0 atom stereocenters. The molecule has 0 radical (unpaired) electrons. The van der Waals surface area contributed by atoms with E-state index >= 15 is 0 Å². The predicted octanol–water partition coefficient (Wildman–Crippen LogP) is 5.37. The highest BCUT2D eigenvalue weighted by Gasteiger charge is 2.24. The normalized spacial score (nSPS) is 11.8. The summed E-state index contributed by atoms with van der Waals surface area (Å²) in [7, 11) is -3.42. The van der Waals surface area contributed by atoms with E-state index in [1.165, 1.54) is 35.6 Å². The number of anilines is 1. The monoisotopic (exact) mass is 485 g/mol. The first-order valence-corrected chi connectivity index (χ1v) is 12.6. The summed E-state index contributed by atoms with van der Waals surface area (Å²) < 4.78 is 25.7. The first kappa shape index (κ1) is 22.4. The van der Waals surface area contributed by atoms with Crippen LogP contribution in [0, 0.1) is 0 Å². The number of halogens is 1. The minimum absolute atomic E-state index is 0.190. The summed E-state index contributed by atoms with van der Waals surface area (Å²) in [6, 6.07) is 16.9. The number of nitrogens with zero attached hydrogens (tertiary/aromatic N) is 3. The third kappa shape index (κ3) is 4.53. The van der Waals surface area contributed by atoms with E-state index in [1.54, 1.807) is 31.0 Å². The van der Waals surface area contributed by atoms with Crippen LogP contribution in [0.25, 0.3) is 10.2 Å². The molecule has 2 aromatic carbocycles. The van der Waals surface area contributed by atoms with Gasteiger partial charge in [-0.25, -0.2) is 13.4 Å². The first-order chi connectivity index (χ1) is 15.3. The zero-order valence-electron chi connectivity index (χ0n) is 17.4. The van der Waals surface area contributed by atoms with Gasteiger partial charge in [0.1, 0.15) is 0 Å². The molecule has 4 aromatic rings. The second-order valence-corrected chi connectivity index (χ2v) is 11.4. The van der Waals surface area contributed by atoms with E-state index in [1.807, 2.05) is 30.3 Å². The summed E-state index contributed by atoms with van der Waals surface area (Å²) in [4.78, 5) is 24.2. The lowest BCUT2D eigenvalue weighted by Gasteiger charge is -2.20. The van der Waals surface area contributed by atoms with Crippen molar-refractivity contribution in [3.05, 3.63) is 83.1 Å². The SMILES string of the molecule is CC(C)S(=O)(=O)c1ccc(C(=O)N(Cc2ccccn2)c2nc3ccc(Cl)cc3s2)cc1. The van der Waals surface area contributed by atoms with Crippen LogP contribution in [0.5, 0.6) is 0 Å². The second kappa shape index (κ2) is 8.97. The Labute approximate surface area is 195 Å². The van der Waals surface area contributed by atoms with Crippen LogP contribution in [0.1, 0.15) is 29.9 Å². The van der Waals surface area contributed by atoms with Gasteiger partial charge in [-0.3, -0.25) is 14.7 Å². The number of hydrogen-bond acceptors (Lipinski definition) is 6. The summed E-state index contributed by atoms with van der Waals surface area (Å²) in [5.74, 6) is -0.297. The molecule has 0 aliphatic heterocycles. The molecule has 164 valence electrons. The van der Waals surface area contributed by atoms with Crippen LogP contribution in [0.2, 0.25) is 5.02 Å². The number of pyridine rings is 1. The molecule has 0 unspecified atom stereocenters. The van der Waals surface area contributed by atoms with Crippen LogP contribution >= 0.6 is 22.9 Å². The third-order valence-electron chi connectivity index (χ3n) is 4.91. The number of carbonyl (C=O) groups is 1. The van der Waals surface area contributed by atoms with Crippen molar-refractivity contribution in [3.63, 3.8) is 0 Å². The average molecular weight is 486 g/mol. The lowest BCUT2D eigenvalue weighted by Crippen LogP contribution is -2.30. The van der Waals surface area contributed by atoms with Crippen molar-refractivity contribution in [2.75, 3.05) is 4.90 Å². The van der Waals surface area contributed by atoms with Gasteiger partial charge >= 0.3 is 0 Å². The smallest absolute Gasteiger partial charge is 0.260 e. The molecule has 9 heteroatoms. The number of rotatable bonds is 6. The largest absolute Gasteiger partial charge is 0.278 e. The van der Waals surface area contributed by atoms with Crippen molar-refractivity contribution in [2.45, 2.75) is 30.5 Å². The molecule has 0 spiro atoms. The summed E-state index contributed by atoms with van der Waals surface area (Å²) in [6.07, 6.45) is 1.67. The maximum atomic E-state index is 13.5. The highest BCUT2D eigenvalue weighted by atomic mass is 35.5. The number of benzene rings is 2. The molecule has 1 amide bonds. The predicted molar refractivity (Wildman–Crippen MR) is 128 cm³/mol. The van der Waals surface area contributed by atoms with Gasteiger partial charge in [0.25, 0.3) is 5.91 Å². The van der Waals surface area contributed by atoms with Crippen LogP contribution in [-0.2, 0) is 16.4 Å². The van der Waals surface area contributed by atoms with E-state index < -0.39 is 15.1 Å². The summed E-state index contributed by atoms with van der Waals surface area (Å²) in [5, 5.41) is 0.563. The lowest BCUT2D eigenvalue weighted by atomic mass is 10.2. The summed E-state index contributed by atoms with van der Waals surface area (Å²) in [5.41, 5.74) is 1.81. The molecule has 0 fully saturated rings. The van der Waals surface area contributed by atoms with Gasteiger partial charge < -0.3 is 0 Å². The van der Waals surface area contributed by atoms with Gasteiger partial charge in [-0.15, -0.1) is 0 Å². The van der Waals surface area contributed by atoms with Gasteiger partial charge in [0.2, 0.25) is 0 Å². The number of carbonyl (C=O) groups excluding carboxylic acids is 1. The number of thiazole rings is 1. The lowest BCUT2D eigenvalue weighted by molar-refractivity contribution is 0.0984. The fraction of sp³-hybridized carbons (Fsp3) is 0.174. The Hall–Kier alpha value is -2.81. The third-order valence-corrected chi connectivity index (χ3v) is 8.36. The molecule has 2 heterocycles. The summed E-state index contributed by atoms with van der Waals surface area (Å²) in [6.45, 7) is 3.48. The van der Waals surface area contributed by atoms with Crippen LogP contribution in [0.4, 0.5) is 5.13 Å². The molecule has 0 bridgehead atoms. The Morgan fingerprint density at radius 1 is 1.09 bits per heavy atom. The van der Waals surface area contributed by atoms with Gasteiger partial charge in [0.15, 0.2) is 15.0 Å². The highest BCUT2D eigenvalue weighted by Crippen LogP contribution is 2.32. The van der Waals surface area contributed by atoms with Gasteiger partial charge in [-0.2, -0.15) is 0 Å². The number of hydrogen-bond donors (Lipinski definition) is 0. The van der Waals surface area contributed by atoms with Crippen LogP contribution < -0.4 is 4.90 Å². The van der Waals surface area contributed by atoms with Crippen molar-refractivity contribution in [2.24, 2.45) is 0 Å². The Kier molecular flexibility index (Phi) is 6.28. The fourth-order valence-electron chi connectivity index (χ4n) is 3.10. The van der Waals surface area contributed by atoms with Crippen molar-refractivity contribution in [1.82, 2.24) is 9.97 Å². The zero-order chi connectivity index (χ0) is 22.9. The van der Waals surface area contributed by atoms with Crippen LogP contribution in [-0.4, -0.2) is 29.5 Å². The Balaban J connectivity index is 1.73. The van der Waals surface area contributed by atoms with Gasteiger partial charge in [0.05, 0.1) is 32.6 Å². The number of fused-ring (bicyclic) bond motifs is 1. The second-order valence-electron chi connectivity index (χ2n) is 7.44. The number of amides is 1. The first-order valence-electron chi connectivity index (χ1n) is 9.87. The Bertz CT molecular complexity index is 1370. The van der Waals surface area contributed by atoms with Gasteiger partial charge in [-0.05, 0) is 68.4 Å². The van der Waals surface area contributed by atoms with Crippen molar-refractivity contribution in [1.29, 1.82) is 0 Å². The molecular weight excluding hydrogens is 466 g/mol. The van der Waals surface area contributed by atoms with Crippen LogP contribution in [0.15, 0.2) is 71.8 Å². The molecule has 0 saturated heterocycles. The maximum absolute atomic E-state index is 13.5. The average Bonchev–Trinajstić information content (AvgIpc) is 3.20. The fourth-order valence-corrected chi connectivity index (χ4v) is 5.40. The van der Waals surface area contributed by atoms with Crippen molar-refractivity contribution < 1.29 is 13.2 Å². The van der Waals surface area contributed by atoms with Crippen molar-refractivity contribution >= 4 is 54.0 Å². The molecule has 0 saturated carbocycles. The minimum Gasteiger partial charge on any atom is -0.278 e. The molecule has 6 nitrogen and oxygen atoms in total. The Morgan fingerprint density at radius 3 is 2.50 bits per heavy atom.